The SMILES string of the molecule is CCC(=O)OCC(C)(C)OCCC1CCCCC1. The van der Waals surface area contributed by atoms with E-state index in [1.165, 1.54) is 32.1 Å². The second-order valence-corrected chi connectivity index (χ2v) is 5.92. The maximum atomic E-state index is 11.1. The molecule has 0 aromatic rings. The Balaban J connectivity index is 2.13. The third kappa shape index (κ3) is 6.39. The van der Waals surface area contributed by atoms with E-state index in [4.69, 9.17) is 9.47 Å². The first-order valence-corrected chi connectivity index (χ1v) is 7.33. The van der Waals surface area contributed by atoms with Gasteiger partial charge in [0.1, 0.15) is 6.61 Å². The van der Waals surface area contributed by atoms with Gasteiger partial charge in [-0.3, -0.25) is 4.79 Å². The molecule has 106 valence electrons. The van der Waals surface area contributed by atoms with Gasteiger partial charge in [-0.2, -0.15) is 0 Å². The van der Waals surface area contributed by atoms with E-state index in [9.17, 15) is 4.79 Å². The highest BCUT2D eigenvalue weighted by Crippen LogP contribution is 2.26. The molecule has 0 saturated heterocycles. The van der Waals surface area contributed by atoms with Crippen LogP contribution in [-0.2, 0) is 14.3 Å². The van der Waals surface area contributed by atoms with E-state index < -0.39 is 0 Å². The Bertz CT molecular complexity index is 242. The van der Waals surface area contributed by atoms with Crippen molar-refractivity contribution in [1.82, 2.24) is 0 Å². The largest absolute Gasteiger partial charge is 0.463 e. The summed E-state index contributed by atoms with van der Waals surface area (Å²) in [4.78, 5) is 11.1. The van der Waals surface area contributed by atoms with E-state index in [-0.39, 0.29) is 11.6 Å². The monoisotopic (exact) mass is 256 g/mol. The first-order valence-electron chi connectivity index (χ1n) is 7.33. The van der Waals surface area contributed by atoms with E-state index in [1.807, 2.05) is 13.8 Å². The van der Waals surface area contributed by atoms with Crippen LogP contribution >= 0.6 is 0 Å². The molecule has 0 N–H and O–H groups in total. The maximum Gasteiger partial charge on any atom is 0.305 e. The topological polar surface area (TPSA) is 35.5 Å². The van der Waals surface area contributed by atoms with Crippen molar-refractivity contribution in [1.29, 1.82) is 0 Å². The summed E-state index contributed by atoms with van der Waals surface area (Å²) in [6.07, 6.45) is 8.44. The quantitative estimate of drug-likeness (QED) is 0.651. The highest BCUT2D eigenvalue weighted by atomic mass is 16.6. The van der Waals surface area contributed by atoms with Crippen LogP contribution in [0.1, 0.15) is 65.7 Å². The average Bonchev–Trinajstić information content (AvgIpc) is 2.37. The van der Waals surface area contributed by atoms with Crippen molar-refractivity contribution in [3.8, 4) is 0 Å². The molecule has 0 unspecified atom stereocenters. The van der Waals surface area contributed by atoms with E-state index in [0.717, 1.165) is 18.9 Å². The smallest absolute Gasteiger partial charge is 0.305 e. The molecule has 0 amide bonds. The molecule has 18 heavy (non-hydrogen) atoms. The molecule has 0 atom stereocenters. The summed E-state index contributed by atoms with van der Waals surface area (Å²) in [6.45, 7) is 6.90. The summed E-state index contributed by atoms with van der Waals surface area (Å²) < 4.78 is 11.0. The predicted molar refractivity (Wildman–Crippen MR) is 72.5 cm³/mol. The van der Waals surface area contributed by atoms with E-state index in [1.54, 1.807) is 6.92 Å². The molecule has 1 aliphatic carbocycles. The van der Waals surface area contributed by atoms with Crippen LogP contribution in [0, 0.1) is 5.92 Å². The highest BCUT2D eigenvalue weighted by molar-refractivity contribution is 5.68. The van der Waals surface area contributed by atoms with Crippen LogP contribution in [0.15, 0.2) is 0 Å². The lowest BCUT2D eigenvalue weighted by Gasteiger charge is -2.27. The molecule has 0 bridgehead atoms. The zero-order valence-electron chi connectivity index (χ0n) is 12.2. The number of hydrogen-bond acceptors (Lipinski definition) is 3. The minimum atomic E-state index is -0.362. The van der Waals surface area contributed by atoms with Crippen LogP contribution in [0.2, 0.25) is 0 Å². The number of hydrogen-bond donors (Lipinski definition) is 0. The summed E-state index contributed by atoms with van der Waals surface area (Å²) in [7, 11) is 0. The molecular weight excluding hydrogens is 228 g/mol. The van der Waals surface area contributed by atoms with Crippen LogP contribution in [0.25, 0.3) is 0 Å². The zero-order chi connectivity index (χ0) is 13.4. The fourth-order valence-corrected chi connectivity index (χ4v) is 2.38. The molecule has 3 nitrogen and oxygen atoms in total. The Kier molecular flexibility index (Phi) is 6.69. The molecule has 0 radical (unpaired) electrons. The fourth-order valence-electron chi connectivity index (χ4n) is 2.38. The standard InChI is InChI=1S/C15H28O3/c1-4-14(16)17-12-15(2,3)18-11-10-13-8-6-5-7-9-13/h13H,4-12H2,1-3H3. The Morgan fingerprint density at radius 2 is 1.89 bits per heavy atom. The van der Waals surface area contributed by atoms with Gasteiger partial charge >= 0.3 is 5.97 Å². The Morgan fingerprint density at radius 3 is 2.50 bits per heavy atom. The zero-order valence-corrected chi connectivity index (χ0v) is 12.2. The lowest BCUT2D eigenvalue weighted by molar-refractivity contribution is -0.153. The second-order valence-electron chi connectivity index (χ2n) is 5.92. The second kappa shape index (κ2) is 7.78. The van der Waals surface area contributed by atoms with Crippen molar-refractivity contribution in [3.05, 3.63) is 0 Å². The fraction of sp³-hybridized carbons (Fsp3) is 0.933. The van der Waals surface area contributed by atoms with Crippen LogP contribution in [0.5, 0.6) is 0 Å². The van der Waals surface area contributed by atoms with Gasteiger partial charge in [-0.15, -0.1) is 0 Å². The molecule has 0 aromatic heterocycles. The van der Waals surface area contributed by atoms with Crippen molar-refractivity contribution in [2.24, 2.45) is 5.92 Å². The van der Waals surface area contributed by atoms with E-state index in [0.29, 0.717) is 13.0 Å². The highest BCUT2D eigenvalue weighted by Gasteiger charge is 2.21. The van der Waals surface area contributed by atoms with Crippen LogP contribution in [0.3, 0.4) is 0 Å². The van der Waals surface area contributed by atoms with Crippen molar-refractivity contribution < 1.29 is 14.3 Å². The number of esters is 1. The minimum absolute atomic E-state index is 0.154. The molecule has 0 spiro atoms. The van der Waals surface area contributed by atoms with Crippen molar-refractivity contribution in [2.75, 3.05) is 13.2 Å². The summed E-state index contributed by atoms with van der Waals surface area (Å²) >= 11 is 0. The number of ether oxygens (including phenoxy) is 2. The van der Waals surface area contributed by atoms with Gasteiger partial charge in [0.2, 0.25) is 0 Å². The van der Waals surface area contributed by atoms with Gasteiger partial charge in [-0.05, 0) is 26.2 Å². The molecule has 0 heterocycles. The van der Waals surface area contributed by atoms with E-state index >= 15 is 0 Å². The maximum absolute atomic E-state index is 11.1. The van der Waals surface area contributed by atoms with Gasteiger partial charge in [-0.1, -0.05) is 39.0 Å². The molecule has 3 heteroatoms. The number of carbonyl (C=O) groups excluding carboxylic acids is 1. The summed E-state index contributed by atoms with van der Waals surface area (Å²) in [5, 5.41) is 0. The van der Waals surface area contributed by atoms with Gasteiger partial charge in [0.05, 0.1) is 5.60 Å². The number of rotatable bonds is 7. The van der Waals surface area contributed by atoms with Crippen molar-refractivity contribution >= 4 is 5.97 Å². The van der Waals surface area contributed by atoms with E-state index in [2.05, 4.69) is 0 Å². The number of carbonyl (C=O) groups is 1. The molecule has 1 rings (SSSR count). The van der Waals surface area contributed by atoms with Gasteiger partial charge < -0.3 is 9.47 Å². The third-order valence-corrected chi connectivity index (χ3v) is 3.61. The lowest BCUT2D eigenvalue weighted by atomic mass is 9.87. The van der Waals surface area contributed by atoms with Crippen LogP contribution in [0.4, 0.5) is 0 Å². The van der Waals surface area contributed by atoms with Gasteiger partial charge in [0.15, 0.2) is 0 Å². The molecule has 0 aromatic carbocycles. The Hall–Kier alpha value is -0.570. The van der Waals surface area contributed by atoms with Gasteiger partial charge in [-0.25, -0.2) is 0 Å². The van der Waals surface area contributed by atoms with Gasteiger partial charge in [0.25, 0.3) is 0 Å². The summed E-state index contributed by atoms with van der Waals surface area (Å²) in [5.41, 5.74) is -0.362. The molecule has 1 saturated carbocycles. The first-order chi connectivity index (χ1) is 8.53. The molecular formula is C15H28O3. The lowest BCUT2D eigenvalue weighted by Crippen LogP contribution is -2.32. The minimum Gasteiger partial charge on any atom is -0.463 e. The summed E-state index contributed by atoms with van der Waals surface area (Å²) in [6, 6.07) is 0. The Labute approximate surface area is 111 Å². The van der Waals surface area contributed by atoms with Gasteiger partial charge in [0, 0.05) is 13.0 Å². The first kappa shape index (κ1) is 15.5. The van der Waals surface area contributed by atoms with Crippen LogP contribution < -0.4 is 0 Å². The molecule has 1 aliphatic rings. The molecule has 0 aliphatic heterocycles. The Morgan fingerprint density at radius 1 is 1.22 bits per heavy atom. The van der Waals surface area contributed by atoms with Crippen molar-refractivity contribution in [3.63, 3.8) is 0 Å². The van der Waals surface area contributed by atoms with Crippen molar-refractivity contribution in [2.45, 2.75) is 71.3 Å². The predicted octanol–water partition coefficient (Wildman–Crippen LogP) is 3.71. The van der Waals surface area contributed by atoms with Crippen LogP contribution in [-0.4, -0.2) is 24.8 Å². The average molecular weight is 256 g/mol. The third-order valence-electron chi connectivity index (χ3n) is 3.61. The molecule has 1 fully saturated rings. The normalized spacial score (nSPS) is 17.7. The summed E-state index contributed by atoms with van der Waals surface area (Å²) in [5.74, 6) is 0.687.